The van der Waals surface area contributed by atoms with E-state index in [4.69, 9.17) is 18.8 Å². The molecule has 0 atom stereocenters. The summed E-state index contributed by atoms with van der Waals surface area (Å²) in [4.78, 5) is 0. The molecule has 0 aliphatic heterocycles. The Bertz CT molecular complexity index is 202. The summed E-state index contributed by atoms with van der Waals surface area (Å²) in [5.74, 6) is 0. The van der Waals surface area contributed by atoms with Gasteiger partial charge in [-0.15, -0.1) is 0 Å². The zero-order valence-electron chi connectivity index (χ0n) is 7.94. The molecule has 2 aromatic carbocycles. The van der Waals surface area contributed by atoms with Crippen LogP contribution in [0, 0.1) is 12.1 Å². The second kappa shape index (κ2) is 13.7. The second-order valence-corrected chi connectivity index (χ2v) is 5.26. The van der Waals surface area contributed by atoms with Crippen LogP contribution in [-0.2, 0) is 16.5 Å². The molecule has 2 rings (SSSR count). The summed E-state index contributed by atoms with van der Waals surface area (Å²) >= 11 is -0.586. The number of hydrogen-bond acceptors (Lipinski definition) is 0. The molecular weight excluding hydrogens is 311 g/mol. The third-order valence-corrected chi connectivity index (χ3v) is 1.21. The van der Waals surface area contributed by atoms with Gasteiger partial charge in [-0.1, -0.05) is 0 Å². The van der Waals surface area contributed by atoms with Gasteiger partial charge in [-0.2, -0.15) is 72.8 Å². The number of benzene rings is 2. The van der Waals surface area contributed by atoms with Gasteiger partial charge >= 0.3 is 35.3 Å². The normalized spacial score (nSPS) is 7.60. The Hall–Kier alpha value is -0.292. The van der Waals surface area contributed by atoms with Gasteiger partial charge in [0.25, 0.3) is 0 Å². The van der Waals surface area contributed by atoms with Crippen molar-refractivity contribution in [3.63, 3.8) is 0 Å². The Labute approximate surface area is 108 Å². The van der Waals surface area contributed by atoms with Crippen molar-refractivity contribution in [1.29, 1.82) is 0 Å². The van der Waals surface area contributed by atoms with Gasteiger partial charge in [0.1, 0.15) is 0 Å². The molecule has 0 heterocycles. The molecule has 80 valence electrons. The largest absolute Gasteiger partial charge is 0.184 e. The SMILES string of the molecule is [Cl][Mo][Cl].[c-]1ccccc1.[c-]1ccccc1. The van der Waals surface area contributed by atoms with Crippen LogP contribution >= 0.6 is 18.8 Å². The molecule has 0 fully saturated rings. The fraction of sp³-hybridized carbons (Fsp3) is 0. The quantitative estimate of drug-likeness (QED) is 0.500. The maximum atomic E-state index is 4.89. The maximum absolute atomic E-state index is 4.89. The van der Waals surface area contributed by atoms with Gasteiger partial charge in [-0.25, -0.2) is 0 Å². The van der Waals surface area contributed by atoms with Gasteiger partial charge in [0.05, 0.1) is 0 Å². The Morgan fingerprint density at radius 2 is 0.867 bits per heavy atom. The molecule has 0 nitrogen and oxygen atoms in total. The van der Waals surface area contributed by atoms with Gasteiger partial charge < -0.3 is 0 Å². The summed E-state index contributed by atoms with van der Waals surface area (Å²) in [6.45, 7) is 0. The first-order chi connectivity index (χ1) is 7.41. The van der Waals surface area contributed by atoms with Crippen LogP contribution in [0.5, 0.6) is 0 Å². The Balaban J connectivity index is 0.000000210. The maximum Gasteiger partial charge on any atom is -0.171 e. The average molecular weight is 321 g/mol. The molecule has 0 saturated heterocycles. The molecule has 0 spiro atoms. The van der Waals surface area contributed by atoms with Gasteiger partial charge in [-0.3, -0.25) is 0 Å². The summed E-state index contributed by atoms with van der Waals surface area (Å²) in [6, 6.07) is 25.0. The summed E-state index contributed by atoms with van der Waals surface area (Å²) in [6.07, 6.45) is 0. The van der Waals surface area contributed by atoms with Crippen molar-refractivity contribution in [2.45, 2.75) is 0 Å². The van der Waals surface area contributed by atoms with Crippen molar-refractivity contribution in [3.8, 4) is 0 Å². The first-order valence-electron chi connectivity index (χ1n) is 4.13. The molecule has 2 aromatic rings. The van der Waals surface area contributed by atoms with E-state index in [1.165, 1.54) is 0 Å². The standard InChI is InChI=1S/2C6H5.2ClH.Mo/c2*1-2-4-6-5-3-1;;;/h2*1-5H;2*1H;/q2*-1;;;+2/p-2. The zero-order valence-corrected chi connectivity index (χ0v) is 11.5. The van der Waals surface area contributed by atoms with E-state index in [1.807, 2.05) is 60.7 Å². The fourth-order valence-corrected chi connectivity index (χ4v) is 0.684. The Morgan fingerprint density at radius 1 is 0.600 bits per heavy atom. The number of halogens is 2. The predicted octanol–water partition coefficient (Wildman–Crippen LogP) is 4.35. The van der Waals surface area contributed by atoms with Crippen LogP contribution in [0.1, 0.15) is 0 Å². The van der Waals surface area contributed by atoms with Gasteiger partial charge in [0.2, 0.25) is 0 Å². The fourth-order valence-electron chi connectivity index (χ4n) is 0.684. The van der Waals surface area contributed by atoms with Gasteiger partial charge in [0.15, 0.2) is 0 Å². The van der Waals surface area contributed by atoms with Gasteiger partial charge in [-0.05, 0) is 0 Å². The van der Waals surface area contributed by atoms with Crippen molar-refractivity contribution in [2.75, 3.05) is 0 Å². The molecule has 0 N–H and O–H groups in total. The van der Waals surface area contributed by atoms with Crippen molar-refractivity contribution < 1.29 is 16.5 Å². The minimum atomic E-state index is -0.586. The van der Waals surface area contributed by atoms with E-state index in [9.17, 15) is 0 Å². The minimum absolute atomic E-state index is 0.586. The van der Waals surface area contributed by atoms with Crippen LogP contribution < -0.4 is 0 Å². The van der Waals surface area contributed by atoms with Crippen LogP contribution in [0.4, 0.5) is 0 Å². The molecule has 0 unspecified atom stereocenters. The molecule has 0 saturated carbocycles. The molecule has 0 aliphatic rings. The molecule has 15 heavy (non-hydrogen) atoms. The van der Waals surface area contributed by atoms with Crippen LogP contribution in [-0.4, -0.2) is 0 Å². The Morgan fingerprint density at radius 3 is 0.933 bits per heavy atom. The van der Waals surface area contributed by atoms with Crippen LogP contribution in [0.15, 0.2) is 60.7 Å². The smallest absolute Gasteiger partial charge is 0.171 e. The van der Waals surface area contributed by atoms with Gasteiger partial charge in [0, 0.05) is 0 Å². The molecule has 0 radical (unpaired) electrons. The van der Waals surface area contributed by atoms with Crippen LogP contribution in [0.2, 0.25) is 0 Å². The summed E-state index contributed by atoms with van der Waals surface area (Å²) < 4.78 is 0. The average Bonchev–Trinajstić information content (AvgIpc) is 2.35. The van der Waals surface area contributed by atoms with E-state index < -0.39 is 16.5 Å². The van der Waals surface area contributed by atoms with E-state index >= 15 is 0 Å². The predicted molar refractivity (Wildman–Crippen MR) is 62.3 cm³/mol. The van der Waals surface area contributed by atoms with Crippen molar-refractivity contribution >= 4 is 18.8 Å². The third-order valence-electron chi connectivity index (χ3n) is 1.21. The third kappa shape index (κ3) is 13.7. The Kier molecular flexibility index (Phi) is 13.4. The first-order valence-corrected chi connectivity index (χ1v) is 9.30. The van der Waals surface area contributed by atoms with Crippen molar-refractivity contribution in [1.82, 2.24) is 0 Å². The van der Waals surface area contributed by atoms with E-state index in [0.717, 1.165) is 0 Å². The molecule has 0 amide bonds. The van der Waals surface area contributed by atoms with Crippen molar-refractivity contribution in [3.05, 3.63) is 72.8 Å². The minimum Gasteiger partial charge on any atom is -0.184 e. The van der Waals surface area contributed by atoms with E-state index in [0.29, 0.717) is 0 Å². The summed E-state index contributed by atoms with van der Waals surface area (Å²) in [5, 5.41) is 0. The van der Waals surface area contributed by atoms with Crippen LogP contribution in [0.25, 0.3) is 0 Å². The van der Waals surface area contributed by atoms with Crippen molar-refractivity contribution in [2.24, 2.45) is 0 Å². The van der Waals surface area contributed by atoms with E-state index in [1.54, 1.807) is 0 Å². The molecule has 0 aliphatic carbocycles. The molecule has 0 aromatic heterocycles. The summed E-state index contributed by atoms with van der Waals surface area (Å²) in [7, 11) is 9.79. The summed E-state index contributed by atoms with van der Waals surface area (Å²) in [5.41, 5.74) is 0. The molecular formula is C12H10Cl2Mo-2. The topological polar surface area (TPSA) is 0 Å². The number of rotatable bonds is 0. The molecule has 3 heteroatoms. The molecule has 0 bridgehead atoms. The van der Waals surface area contributed by atoms with E-state index in [-0.39, 0.29) is 0 Å². The van der Waals surface area contributed by atoms with E-state index in [2.05, 4.69) is 12.1 Å². The second-order valence-electron chi connectivity index (χ2n) is 2.21. The monoisotopic (exact) mass is 322 g/mol. The first kappa shape index (κ1) is 14.7. The number of hydrogen-bond donors (Lipinski definition) is 0. The zero-order chi connectivity index (χ0) is 11.2. The van der Waals surface area contributed by atoms with Crippen LogP contribution in [0.3, 0.4) is 0 Å².